The molecule has 144 valence electrons. The molecule has 0 radical (unpaired) electrons. The summed E-state index contributed by atoms with van der Waals surface area (Å²) < 4.78 is 5.69. The molecule has 6 heteroatoms. The Morgan fingerprint density at radius 2 is 1.67 bits per heavy atom. The summed E-state index contributed by atoms with van der Waals surface area (Å²) in [5.41, 5.74) is 1.55. The van der Waals surface area contributed by atoms with Crippen LogP contribution in [0.15, 0.2) is 60.7 Å². The zero-order chi connectivity index (χ0) is 17.8. The SMILES string of the molecule is CC[C@H](Cc1ccc(Cl)c(Cl)c1)OC(=O)c1ccc2ccccc2c1.Cl.N. The molecule has 3 N–H and O–H groups in total. The predicted octanol–water partition coefficient (Wildman–Crippen LogP) is 6.91. The lowest BCUT2D eigenvalue weighted by Crippen LogP contribution is -2.20. The Balaban J connectivity index is 0.00000182. The van der Waals surface area contributed by atoms with Crippen molar-refractivity contribution in [1.29, 1.82) is 0 Å². The molecule has 0 aliphatic carbocycles. The number of carbonyl (C=O) groups is 1. The fourth-order valence-corrected chi connectivity index (χ4v) is 3.06. The van der Waals surface area contributed by atoms with E-state index in [0.717, 1.165) is 22.8 Å². The first-order chi connectivity index (χ1) is 12.1. The third-order valence-corrected chi connectivity index (χ3v) is 4.90. The van der Waals surface area contributed by atoms with E-state index in [-0.39, 0.29) is 30.6 Å². The quantitative estimate of drug-likeness (QED) is 0.451. The smallest absolute Gasteiger partial charge is 0.338 e. The van der Waals surface area contributed by atoms with Gasteiger partial charge < -0.3 is 10.9 Å². The number of fused-ring (bicyclic) bond motifs is 1. The largest absolute Gasteiger partial charge is 0.458 e. The first-order valence-corrected chi connectivity index (χ1v) is 8.96. The zero-order valence-electron chi connectivity index (χ0n) is 15.0. The molecule has 0 heterocycles. The average molecular weight is 427 g/mol. The summed E-state index contributed by atoms with van der Waals surface area (Å²) in [5.74, 6) is -0.308. The molecular weight excluding hydrogens is 405 g/mol. The third-order valence-electron chi connectivity index (χ3n) is 4.16. The lowest BCUT2D eigenvalue weighted by atomic mass is 10.1. The highest BCUT2D eigenvalue weighted by Gasteiger charge is 2.16. The highest BCUT2D eigenvalue weighted by atomic mass is 35.5. The lowest BCUT2D eigenvalue weighted by molar-refractivity contribution is 0.0294. The fourth-order valence-electron chi connectivity index (χ4n) is 2.73. The van der Waals surface area contributed by atoms with Crippen molar-refractivity contribution >= 4 is 52.4 Å². The van der Waals surface area contributed by atoms with Gasteiger partial charge in [0.1, 0.15) is 6.10 Å². The van der Waals surface area contributed by atoms with Gasteiger partial charge in [-0.25, -0.2) is 4.79 Å². The van der Waals surface area contributed by atoms with Gasteiger partial charge >= 0.3 is 5.97 Å². The van der Waals surface area contributed by atoms with Crippen molar-refractivity contribution in [3.8, 4) is 0 Å². The van der Waals surface area contributed by atoms with Gasteiger partial charge in [-0.15, -0.1) is 12.4 Å². The van der Waals surface area contributed by atoms with Gasteiger partial charge in [-0.05, 0) is 47.0 Å². The van der Waals surface area contributed by atoms with Gasteiger partial charge in [0, 0.05) is 6.42 Å². The van der Waals surface area contributed by atoms with Crippen molar-refractivity contribution in [3.63, 3.8) is 0 Å². The summed E-state index contributed by atoms with van der Waals surface area (Å²) in [7, 11) is 0. The average Bonchev–Trinajstić information content (AvgIpc) is 2.63. The van der Waals surface area contributed by atoms with E-state index in [2.05, 4.69) is 0 Å². The van der Waals surface area contributed by atoms with E-state index in [1.807, 2.05) is 55.5 Å². The van der Waals surface area contributed by atoms with Crippen molar-refractivity contribution in [1.82, 2.24) is 6.15 Å². The molecule has 0 aliphatic heterocycles. The van der Waals surface area contributed by atoms with E-state index in [0.29, 0.717) is 22.0 Å². The minimum Gasteiger partial charge on any atom is -0.458 e. The van der Waals surface area contributed by atoms with Crippen LogP contribution in [-0.2, 0) is 11.2 Å². The molecule has 0 aliphatic rings. The van der Waals surface area contributed by atoms with E-state index < -0.39 is 0 Å². The van der Waals surface area contributed by atoms with Crippen LogP contribution in [0.5, 0.6) is 0 Å². The zero-order valence-corrected chi connectivity index (χ0v) is 17.3. The van der Waals surface area contributed by atoms with E-state index in [1.165, 1.54) is 0 Å². The first-order valence-electron chi connectivity index (χ1n) is 8.20. The van der Waals surface area contributed by atoms with Crippen LogP contribution in [0.2, 0.25) is 10.0 Å². The molecule has 27 heavy (non-hydrogen) atoms. The topological polar surface area (TPSA) is 61.3 Å². The number of carbonyl (C=O) groups excluding carboxylic acids is 1. The summed E-state index contributed by atoms with van der Waals surface area (Å²) in [6, 6.07) is 19.0. The Labute approximate surface area is 175 Å². The lowest BCUT2D eigenvalue weighted by Gasteiger charge is -2.17. The Hall–Kier alpha value is -1.78. The summed E-state index contributed by atoms with van der Waals surface area (Å²) in [5, 5.41) is 3.15. The molecule has 0 unspecified atom stereocenters. The Morgan fingerprint density at radius 3 is 2.33 bits per heavy atom. The molecule has 3 rings (SSSR count). The summed E-state index contributed by atoms with van der Waals surface area (Å²) in [6.45, 7) is 2.00. The maximum atomic E-state index is 12.5. The number of hydrogen-bond donors (Lipinski definition) is 1. The van der Waals surface area contributed by atoms with Crippen LogP contribution in [0.25, 0.3) is 10.8 Å². The normalized spacial score (nSPS) is 11.2. The standard InChI is InChI=1S/C21H18Cl2O2.ClH.H3N/c1-2-18(11-14-7-10-19(22)20(23)12-14)25-21(24)17-9-8-15-5-3-4-6-16(15)13-17;;/h3-10,12-13,18H,2,11H2,1H3;1H;1H3/t18-;;/m1../s1. The number of benzene rings is 3. The number of rotatable bonds is 5. The van der Waals surface area contributed by atoms with Gasteiger partial charge in [-0.2, -0.15) is 0 Å². The third kappa shape index (κ3) is 5.85. The summed E-state index contributed by atoms with van der Waals surface area (Å²) >= 11 is 12.0. The fraction of sp³-hybridized carbons (Fsp3) is 0.190. The summed E-state index contributed by atoms with van der Waals surface area (Å²) in [4.78, 5) is 12.5. The Morgan fingerprint density at radius 1 is 0.963 bits per heavy atom. The van der Waals surface area contributed by atoms with Crippen LogP contribution in [0, 0.1) is 0 Å². The van der Waals surface area contributed by atoms with E-state index >= 15 is 0 Å². The number of halogens is 3. The van der Waals surface area contributed by atoms with Crippen molar-refractivity contribution in [2.45, 2.75) is 25.9 Å². The first kappa shape index (κ1) is 23.3. The molecule has 0 aromatic heterocycles. The molecule has 0 amide bonds. The minimum atomic E-state index is -0.308. The van der Waals surface area contributed by atoms with Crippen LogP contribution < -0.4 is 6.15 Å². The molecule has 1 atom stereocenters. The molecule has 0 fully saturated rings. The highest BCUT2D eigenvalue weighted by Crippen LogP contribution is 2.24. The van der Waals surface area contributed by atoms with E-state index in [1.54, 1.807) is 12.1 Å². The molecular formula is C21H22Cl3NO2. The van der Waals surface area contributed by atoms with Gasteiger partial charge in [0.15, 0.2) is 0 Å². The second kappa shape index (κ2) is 10.5. The number of esters is 1. The van der Waals surface area contributed by atoms with Crippen LogP contribution in [0.3, 0.4) is 0 Å². The second-order valence-electron chi connectivity index (χ2n) is 5.95. The van der Waals surface area contributed by atoms with Crippen LogP contribution >= 0.6 is 35.6 Å². The van der Waals surface area contributed by atoms with Gasteiger partial charge in [0.25, 0.3) is 0 Å². The number of ether oxygens (including phenoxy) is 1. The second-order valence-corrected chi connectivity index (χ2v) is 6.76. The van der Waals surface area contributed by atoms with E-state index in [4.69, 9.17) is 27.9 Å². The molecule has 3 aromatic rings. The Bertz CT molecular complexity index is 915. The van der Waals surface area contributed by atoms with Crippen molar-refractivity contribution in [3.05, 3.63) is 81.8 Å². The molecule has 0 bridgehead atoms. The van der Waals surface area contributed by atoms with Gasteiger partial charge in [0.05, 0.1) is 15.6 Å². The van der Waals surface area contributed by atoms with Crippen LogP contribution in [0.1, 0.15) is 29.3 Å². The van der Waals surface area contributed by atoms with Crippen molar-refractivity contribution in [2.75, 3.05) is 0 Å². The maximum Gasteiger partial charge on any atom is 0.338 e. The maximum absolute atomic E-state index is 12.5. The van der Waals surface area contributed by atoms with Gasteiger partial charge in [-0.3, -0.25) is 0 Å². The Kier molecular flexibility index (Phi) is 9.07. The predicted molar refractivity (Wildman–Crippen MR) is 116 cm³/mol. The molecule has 0 spiro atoms. The van der Waals surface area contributed by atoms with Crippen molar-refractivity contribution in [2.24, 2.45) is 0 Å². The van der Waals surface area contributed by atoms with E-state index in [9.17, 15) is 4.79 Å². The highest BCUT2D eigenvalue weighted by molar-refractivity contribution is 6.42. The summed E-state index contributed by atoms with van der Waals surface area (Å²) in [6.07, 6.45) is 1.11. The van der Waals surface area contributed by atoms with Crippen LogP contribution in [-0.4, -0.2) is 12.1 Å². The van der Waals surface area contributed by atoms with Crippen molar-refractivity contribution < 1.29 is 9.53 Å². The molecule has 3 aromatic carbocycles. The molecule has 0 saturated heterocycles. The number of hydrogen-bond acceptors (Lipinski definition) is 3. The van der Waals surface area contributed by atoms with Gasteiger partial charge in [0.2, 0.25) is 0 Å². The monoisotopic (exact) mass is 425 g/mol. The van der Waals surface area contributed by atoms with Gasteiger partial charge in [-0.1, -0.05) is 66.5 Å². The molecule has 3 nitrogen and oxygen atoms in total. The van der Waals surface area contributed by atoms with Crippen LogP contribution in [0.4, 0.5) is 0 Å². The minimum absolute atomic E-state index is 0. The molecule has 0 saturated carbocycles.